The minimum atomic E-state index is -0.991. The molecule has 0 radical (unpaired) electrons. The minimum Gasteiger partial charge on any atom is -0.452 e. The molecule has 2 aromatic carbocycles. The number of esters is 1. The van der Waals surface area contributed by atoms with E-state index in [-0.39, 0.29) is 18.7 Å². The number of carbonyl (C=O) groups excluding carboxylic acids is 3. The van der Waals surface area contributed by atoms with Crippen molar-refractivity contribution in [3.63, 3.8) is 0 Å². The van der Waals surface area contributed by atoms with Crippen molar-refractivity contribution < 1.29 is 23.5 Å². The molecule has 0 saturated carbocycles. The fraction of sp³-hybridized carbons (Fsp3) is 0.217. The van der Waals surface area contributed by atoms with Gasteiger partial charge in [0.05, 0.1) is 17.3 Å². The van der Waals surface area contributed by atoms with E-state index < -0.39 is 30.0 Å². The molecule has 3 rings (SSSR count). The number of para-hydroxylation sites is 1. The smallest absolute Gasteiger partial charge is 0.351 e. The lowest BCUT2D eigenvalue weighted by Gasteiger charge is -2.21. The third-order valence-corrected chi connectivity index (χ3v) is 5.14. The van der Waals surface area contributed by atoms with Gasteiger partial charge in [0.2, 0.25) is 5.91 Å². The van der Waals surface area contributed by atoms with E-state index in [9.17, 15) is 19.2 Å². The maximum absolute atomic E-state index is 12.6. The van der Waals surface area contributed by atoms with Gasteiger partial charge in [-0.1, -0.05) is 48.3 Å². The van der Waals surface area contributed by atoms with E-state index in [1.165, 1.54) is 23.1 Å². The van der Waals surface area contributed by atoms with E-state index in [1.54, 1.807) is 30.3 Å². The Hall–Kier alpha value is -3.36. The van der Waals surface area contributed by atoms with Gasteiger partial charge in [0.15, 0.2) is 6.61 Å². The van der Waals surface area contributed by atoms with Crippen LogP contribution in [0.4, 0.5) is 5.69 Å². The van der Waals surface area contributed by atoms with Crippen molar-refractivity contribution in [3.05, 3.63) is 74.6 Å². The summed E-state index contributed by atoms with van der Waals surface area (Å²) < 4.78 is 10.1. The normalized spacial score (nSPS) is 10.6. The summed E-state index contributed by atoms with van der Waals surface area (Å²) in [5, 5.41) is 3.83. The molecule has 1 heterocycles. The molecular weight excluding hydrogens is 471 g/mol. The van der Waals surface area contributed by atoms with Crippen LogP contribution in [0, 0.1) is 0 Å². The lowest BCUT2D eigenvalue weighted by atomic mass is 10.2. The van der Waals surface area contributed by atoms with Crippen LogP contribution >= 0.6 is 23.2 Å². The van der Waals surface area contributed by atoms with Crippen molar-refractivity contribution in [3.8, 4) is 0 Å². The van der Waals surface area contributed by atoms with Crippen molar-refractivity contribution in [2.45, 2.75) is 13.3 Å². The number of fused-ring (bicyclic) bond motifs is 1. The van der Waals surface area contributed by atoms with Gasteiger partial charge >= 0.3 is 11.6 Å². The third-order valence-electron chi connectivity index (χ3n) is 4.57. The van der Waals surface area contributed by atoms with E-state index in [4.69, 9.17) is 32.4 Å². The predicted octanol–water partition coefficient (Wildman–Crippen LogP) is 4.13. The number of nitrogens with zero attached hydrogens (tertiary/aromatic N) is 1. The van der Waals surface area contributed by atoms with E-state index in [1.807, 2.05) is 6.92 Å². The monoisotopic (exact) mass is 490 g/mol. The van der Waals surface area contributed by atoms with Gasteiger partial charge in [-0.05, 0) is 36.8 Å². The highest BCUT2D eigenvalue weighted by Gasteiger charge is 2.21. The Balaban J connectivity index is 1.63. The molecule has 0 saturated heterocycles. The topological polar surface area (TPSA) is 106 Å². The zero-order chi connectivity index (χ0) is 24.0. The fourth-order valence-electron chi connectivity index (χ4n) is 3.02. The van der Waals surface area contributed by atoms with E-state index in [2.05, 4.69) is 5.32 Å². The number of halogens is 2. The van der Waals surface area contributed by atoms with Crippen LogP contribution in [0.15, 0.2) is 57.7 Å². The van der Waals surface area contributed by atoms with Crippen LogP contribution in [0.25, 0.3) is 11.0 Å². The van der Waals surface area contributed by atoms with E-state index in [0.717, 1.165) is 0 Å². The van der Waals surface area contributed by atoms with Gasteiger partial charge in [-0.15, -0.1) is 0 Å². The Labute approximate surface area is 199 Å². The van der Waals surface area contributed by atoms with Crippen molar-refractivity contribution in [2.24, 2.45) is 0 Å². The molecule has 33 heavy (non-hydrogen) atoms. The fourth-order valence-corrected chi connectivity index (χ4v) is 3.36. The minimum absolute atomic E-state index is 0.255. The lowest BCUT2D eigenvalue weighted by Crippen LogP contribution is -2.41. The van der Waals surface area contributed by atoms with Crippen molar-refractivity contribution >= 4 is 57.6 Å². The molecule has 0 aliphatic carbocycles. The lowest BCUT2D eigenvalue weighted by molar-refractivity contribution is -0.137. The zero-order valence-corrected chi connectivity index (χ0v) is 19.1. The maximum Gasteiger partial charge on any atom is 0.351 e. The maximum atomic E-state index is 12.6. The Morgan fingerprint density at radius 1 is 1.09 bits per heavy atom. The standard InChI is InChI=1S/C23H20Cl2N2O6/c1-2-9-27(12-20(28)26-18-11-15(24)7-8-17(18)25)21(29)13-32-22(30)16-10-14-5-3-4-6-19(14)33-23(16)31/h3-8,10-11H,2,9,12-13H2,1H3,(H,26,28). The quantitative estimate of drug-likeness (QED) is 0.375. The molecule has 0 atom stereocenters. The first-order valence-electron chi connectivity index (χ1n) is 10.0. The van der Waals surface area contributed by atoms with Crippen LogP contribution in [0.1, 0.15) is 23.7 Å². The van der Waals surface area contributed by atoms with Crippen LogP contribution in [0.3, 0.4) is 0 Å². The van der Waals surface area contributed by atoms with Gasteiger partial charge in [-0.3, -0.25) is 9.59 Å². The molecule has 172 valence electrons. The largest absolute Gasteiger partial charge is 0.452 e. The second kappa shape index (κ2) is 11.0. The number of benzene rings is 2. The molecular formula is C23H20Cl2N2O6. The van der Waals surface area contributed by atoms with E-state index in [0.29, 0.717) is 33.1 Å². The molecule has 0 aliphatic rings. The van der Waals surface area contributed by atoms with Crippen molar-refractivity contribution in [1.29, 1.82) is 0 Å². The molecule has 0 fully saturated rings. The van der Waals surface area contributed by atoms with Crippen LogP contribution < -0.4 is 10.9 Å². The molecule has 0 unspecified atom stereocenters. The van der Waals surface area contributed by atoms with Gasteiger partial charge in [-0.2, -0.15) is 0 Å². The Kier molecular flexibility index (Phi) is 8.08. The summed E-state index contributed by atoms with van der Waals surface area (Å²) >= 11 is 12.0. The van der Waals surface area contributed by atoms with Gasteiger partial charge in [0.25, 0.3) is 5.91 Å². The summed E-state index contributed by atoms with van der Waals surface area (Å²) in [6.45, 7) is 1.16. The predicted molar refractivity (Wildman–Crippen MR) is 125 cm³/mol. The number of hydrogen-bond donors (Lipinski definition) is 1. The molecule has 1 aromatic heterocycles. The summed E-state index contributed by atoms with van der Waals surface area (Å²) in [4.78, 5) is 50.7. The van der Waals surface area contributed by atoms with Crippen LogP contribution in [0.2, 0.25) is 10.0 Å². The summed E-state index contributed by atoms with van der Waals surface area (Å²) in [7, 11) is 0. The molecule has 0 bridgehead atoms. The Morgan fingerprint density at radius 3 is 2.61 bits per heavy atom. The summed E-state index contributed by atoms with van der Waals surface area (Å²) in [5.41, 5.74) is -0.547. The number of amides is 2. The molecule has 10 heteroatoms. The Bertz CT molecular complexity index is 1260. The first-order chi connectivity index (χ1) is 15.8. The molecule has 8 nitrogen and oxygen atoms in total. The highest BCUT2D eigenvalue weighted by Crippen LogP contribution is 2.25. The van der Waals surface area contributed by atoms with Gasteiger partial charge < -0.3 is 19.4 Å². The number of carbonyl (C=O) groups is 3. The number of hydrogen-bond acceptors (Lipinski definition) is 6. The SMILES string of the molecule is CCCN(CC(=O)Nc1cc(Cl)ccc1Cl)C(=O)COC(=O)c1cc2ccccc2oc1=O. The summed E-state index contributed by atoms with van der Waals surface area (Å²) in [6, 6.07) is 12.7. The van der Waals surface area contributed by atoms with Crippen LogP contribution in [-0.2, 0) is 14.3 Å². The van der Waals surface area contributed by atoms with Crippen LogP contribution in [0.5, 0.6) is 0 Å². The molecule has 0 aliphatic heterocycles. The summed E-state index contributed by atoms with van der Waals surface area (Å²) in [6.07, 6.45) is 0.569. The molecule has 0 spiro atoms. The highest BCUT2D eigenvalue weighted by molar-refractivity contribution is 6.35. The number of ether oxygens (including phenoxy) is 1. The first-order valence-corrected chi connectivity index (χ1v) is 10.8. The Morgan fingerprint density at radius 2 is 1.85 bits per heavy atom. The highest BCUT2D eigenvalue weighted by atomic mass is 35.5. The molecule has 1 N–H and O–H groups in total. The average molecular weight is 491 g/mol. The molecule has 3 aromatic rings. The van der Waals surface area contributed by atoms with Crippen molar-refractivity contribution in [2.75, 3.05) is 25.0 Å². The second-order valence-corrected chi connectivity index (χ2v) is 7.89. The number of rotatable bonds is 8. The zero-order valence-electron chi connectivity index (χ0n) is 17.6. The first kappa shape index (κ1) is 24.3. The summed E-state index contributed by atoms with van der Waals surface area (Å²) in [5.74, 6) is -2.08. The third kappa shape index (κ3) is 6.34. The average Bonchev–Trinajstić information content (AvgIpc) is 2.78. The van der Waals surface area contributed by atoms with Gasteiger partial charge in [-0.25, -0.2) is 9.59 Å². The van der Waals surface area contributed by atoms with Gasteiger partial charge in [0, 0.05) is 17.0 Å². The van der Waals surface area contributed by atoms with Gasteiger partial charge in [0.1, 0.15) is 11.1 Å². The van der Waals surface area contributed by atoms with Crippen molar-refractivity contribution in [1.82, 2.24) is 4.90 Å². The second-order valence-electron chi connectivity index (χ2n) is 7.05. The van der Waals surface area contributed by atoms with E-state index >= 15 is 0 Å². The molecule has 2 amide bonds. The van der Waals surface area contributed by atoms with Crippen LogP contribution in [-0.4, -0.2) is 42.4 Å². The number of nitrogens with one attached hydrogen (secondary N) is 1. The number of anilines is 1.